The quantitative estimate of drug-likeness (QED) is 0.803. The van der Waals surface area contributed by atoms with Gasteiger partial charge in [0.1, 0.15) is 0 Å². The van der Waals surface area contributed by atoms with Crippen molar-refractivity contribution in [3.8, 4) is 0 Å². The van der Waals surface area contributed by atoms with E-state index in [1.165, 1.54) is 25.7 Å². The first-order chi connectivity index (χ1) is 13.8. The van der Waals surface area contributed by atoms with Gasteiger partial charge in [0, 0.05) is 32.2 Å². The summed E-state index contributed by atoms with van der Waals surface area (Å²) < 4.78 is 0. The number of benzene rings is 2. The van der Waals surface area contributed by atoms with Gasteiger partial charge in [0.2, 0.25) is 5.91 Å². The minimum Gasteiger partial charge on any atom is -0.339 e. The van der Waals surface area contributed by atoms with Gasteiger partial charge in [0.25, 0.3) is 0 Å². The van der Waals surface area contributed by atoms with E-state index < -0.39 is 0 Å². The van der Waals surface area contributed by atoms with Gasteiger partial charge in [0.05, 0.1) is 5.92 Å². The second kappa shape index (κ2) is 7.71. The lowest BCUT2D eigenvalue weighted by Crippen LogP contribution is -2.54. The average molecular weight is 375 g/mol. The Kier molecular flexibility index (Phi) is 4.94. The molecule has 5 rings (SSSR count). The smallest absolute Gasteiger partial charge is 0.234 e. The molecule has 1 aliphatic heterocycles. The van der Waals surface area contributed by atoms with E-state index >= 15 is 0 Å². The zero-order valence-corrected chi connectivity index (χ0v) is 16.5. The fourth-order valence-corrected chi connectivity index (χ4v) is 5.88. The van der Waals surface area contributed by atoms with Crippen LogP contribution in [-0.2, 0) is 4.79 Å². The molecule has 2 aromatic rings. The molecular weight excluding hydrogens is 344 g/mol. The van der Waals surface area contributed by atoms with Crippen molar-refractivity contribution in [1.29, 1.82) is 0 Å². The van der Waals surface area contributed by atoms with Gasteiger partial charge in [-0.1, -0.05) is 67.1 Å². The van der Waals surface area contributed by atoms with E-state index in [0.717, 1.165) is 55.2 Å². The number of amides is 1. The minimum absolute atomic E-state index is 0.198. The normalized spacial score (nSPS) is 27.5. The third-order valence-corrected chi connectivity index (χ3v) is 7.31. The van der Waals surface area contributed by atoms with Crippen LogP contribution in [-0.4, -0.2) is 47.9 Å². The topological polar surface area (TPSA) is 23.6 Å². The van der Waals surface area contributed by atoms with Gasteiger partial charge < -0.3 is 4.90 Å². The summed E-state index contributed by atoms with van der Waals surface area (Å²) in [7, 11) is 0. The molecule has 0 N–H and O–H groups in total. The van der Waals surface area contributed by atoms with E-state index in [4.69, 9.17) is 0 Å². The van der Waals surface area contributed by atoms with Crippen LogP contribution in [0.3, 0.4) is 0 Å². The third-order valence-electron chi connectivity index (χ3n) is 7.31. The number of carbonyl (C=O) groups excluding carboxylic acids is 1. The summed E-state index contributed by atoms with van der Waals surface area (Å²) in [6.45, 7) is 3.80. The Labute approximate surface area is 168 Å². The van der Waals surface area contributed by atoms with Crippen molar-refractivity contribution in [2.75, 3.05) is 26.2 Å². The van der Waals surface area contributed by atoms with Crippen LogP contribution in [0, 0.1) is 11.8 Å². The van der Waals surface area contributed by atoms with Gasteiger partial charge in [0.15, 0.2) is 0 Å². The summed E-state index contributed by atoms with van der Waals surface area (Å²) in [6.07, 6.45) is 5.73. The predicted molar refractivity (Wildman–Crippen MR) is 112 cm³/mol. The Balaban J connectivity index is 1.30. The number of piperazine rings is 1. The molecular formula is C25H30N2O. The number of hydrogen-bond donors (Lipinski definition) is 0. The molecule has 0 unspecified atom stereocenters. The first kappa shape index (κ1) is 17.9. The van der Waals surface area contributed by atoms with Gasteiger partial charge in [-0.2, -0.15) is 0 Å². The maximum Gasteiger partial charge on any atom is 0.234 e. The van der Waals surface area contributed by atoms with E-state index in [9.17, 15) is 4.79 Å². The highest BCUT2D eigenvalue weighted by Crippen LogP contribution is 2.46. The first-order valence-corrected chi connectivity index (χ1v) is 10.9. The standard InChI is InChI=1S/C25H30N2O/c28-25(24(20-7-3-1-4-8-20)21-9-5-2-6-10-21)27-15-13-26(14-16-27)23-18-19-11-12-22(23)17-19/h1-10,19,22-24H,11-18H2/t19-,22-,23+/m1/s1. The Morgan fingerprint density at radius 2 is 1.39 bits per heavy atom. The Hall–Kier alpha value is -2.13. The van der Waals surface area contributed by atoms with Gasteiger partial charge >= 0.3 is 0 Å². The van der Waals surface area contributed by atoms with Gasteiger partial charge in [-0.15, -0.1) is 0 Å². The highest BCUT2D eigenvalue weighted by molar-refractivity contribution is 5.87. The maximum absolute atomic E-state index is 13.6. The highest BCUT2D eigenvalue weighted by Gasteiger charge is 2.43. The zero-order chi connectivity index (χ0) is 18.9. The molecule has 146 valence electrons. The molecule has 0 radical (unpaired) electrons. The van der Waals surface area contributed by atoms with Crippen LogP contribution in [0.2, 0.25) is 0 Å². The Bertz CT molecular complexity index is 758. The molecule has 0 aromatic heterocycles. The summed E-state index contributed by atoms with van der Waals surface area (Å²) in [6, 6.07) is 21.3. The lowest BCUT2D eigenvalue weighted by molar-refractivity contribution is -0.134. The molecule has 3 nitrogen and oxygen atoms in total. The molecule has 3 fully saturated rings. The fourth-order valence-electron chi connectivity index (χ4n) is 5.88. The van der Waals surface area contributed by atoms with E-state index in [2.05, 4.69) is 34.1 Å². The fraction of sp³-hybridized carbons (Fsp3) is 0.480. The Morgan fingerprint density at radius 1 is 0.786 bits per heavy atom. The van der Waals surface area contributed by atoms with Crippen molar-refractivity contribution in [1.82, 2.24) is 9.80 Å². The van der Waals surface area contributed by atoms with Crippen LogP contribution in [0.1, 0.15) is 42.7 Å². The summed E-state index contributed by atoms with van der Waals surface area (Å²) in [5.41, 5.74) is 2.18. The predicted octanol–water partition coefficient (Wildman–Crippen LogP) is 4.15. The molecule has 0 spiro atoms. The van der Waals surface area contributed by atoms with E-state index in [0.29, 0.717) is 0 Å². The second-order valence-corrected chi connectivity index (χ2v) is 8.86. The number of rotatable bonds is 4. The SMILES string of the molecule is O=C(C(c1ccccc1)c1ccccc1)N1CCN([C@H]2C[C@@H]3CC[C@@H]2C3)CC1. The van der Waals surface area contributed by atoms with E-state index in [-0.39, 0.29) is 11.8 Å². The van der Waals surface area contributed by atoms with Gasteiger partial charge in [-0.05, 0) is 42.2 Å². The van der Waals surface area contributed by atoms with Gasteiger partial charge in [-0.25, -0.2) is 0 Å². The van der Waals surface area contributed by atoms with Crippen LogP contribution in [0.5, 0.6) is 0 Å². The lowest BCUT2D eigenvalue weighted by atomic mass is 9.89. The second-order valence-electron chi connectivity index (χ2n) is 8.86. The number of nitrogens with zero attached hydrogens (tertiary/aromatic N) is 2. The monoisotopic (exact) mass is 374 g/mol. The first-order valence-electron chi connectivity index (χ1n) is 10.9. The van der Waals surface area contributed by atoms with Crippen LogP contribution in [0.4, 0.5) is 0 Å². The summed E-state index contributed by atoms with van der Waals surface area (Å²) in [5, 5.41) is 0. The van der Waals surface area contributed by atoms with Crippen molar-refractivity contribution in [3.05, 3.63) is 71.8 Å². The number of carbonyl (C=O) groups is 1. The summed E-state index contributed by atoms with van der Waals surface area (Å²) in [5.74, 6) is 1.96. The van der Waals surface area contributed by atoms with Crippen molar-refractivity contribution >= 4 is 5.91 Å². The molecule has 3 atom stereocenters. The number of hydrogen-bond acceptors (Lipinski definition) is 2. The lowest BCUT2D eigenvalue weighted by Gasteiger charge is -2.41. The molecule has 2 aliphatic carbocycles. The van der Waals surface area contributed by atoms with Crippen molar-refractivity contribution in [2.45, 2.75) is 37.6 Å². The molecule has 1 heterocycles. The average Bonchev–Trinajstić information content (AvgIpc) is 3.39. The number of fused-ring (bicyclic) bond motifs is 2. The molecule has 1 amide bonds. The summed E-state index contributed by atoms with van der Waals surface area (Å²) >= 11 is 0. The highest BCUT2D eigenvalue weighted by atomic mass is 16.2. The van der Waals surface area contributed by atoms with Crippen LogP contribution in [0.25, 0.3) is 0 Å². The van der Waals surface area contributed by atoms with Crippen molar-refractivity contribution in [3.63, 3.8) is 0 Å². The van der Waals surface area contributed by atoms with Crippen molar-refractivity contribution < 1.29 is 4.79 Å². The molecule has 3 aliphatic rings. The summed E-state index contributed by atoms with van der Waals surface area (Å²) in [4.78, 5) is 18.4. The van der Waals surface area contributed by atoms with Crippen LogP contribution >= 0.6 is 0 Å². The molecule has 2 saturated carbocycles. The minimum atomic E-state index is -0.198. The molecule has 2 bridgehead atoms. The van der Waals surface area contributed by atoms with E-state index in [1.54, 1.807) is 0 Å². The van der Waals surface area contributed by atoms with Crippen LogP contribution < -0.4 is 0 Å². The molecule has 28 heavy (non-hydrogen) atoms. The van der Waals surface area contributed by atoms with Crippen molar-refractivity contribution in [2.24, 2.45) is 11.8 Å². The maximum atomic E-state index is 13.6. The molecule has 3 heteroatoms. The largest absolute Gasteiger partial charge is 0.339 e. The Morgan fingerprint density at radius 3 is 1.89 bits per heavy atom. The third kappa shape index (κ3) is 3.37. The van der Waals surface area contributed by atoms with E-state index in [1.807, 2.05) is 36.4 Å². The molecule has 1 saturated heterocycles. The van der Waals surface area contributed by atoms with Crippen LogP contribution in [0.15, 0.2) is 60.7 Å². The molecule has 2 aromatic carbocycles. The van der Waals surface area contributed by atoms with Gasteiger partial charge in [-0.3, -0.25) is 9.69 Å². The zero-order valence-electron chi connectivity index (χ0n) is 16.5.